The maximum atomic E-state index is 6.27. The lowest BCUT2D eigenvalue weighted by Crippen LogP contribution is -2.40. The fourth-order valence-electron chi connectivity index (χ4n) is 2.29. The summed E-state index contributed by atoms with van der Waals surface area (Å²) >= 11 is 12.2. The van der Waals surface area contributed by atoms with Crippen LogP contribution in [0.3, 0.4) is 0 Å². The van der Waals surface area contributed by atoms with Gasteiger partial charge >= 0.3 is 0 Å². The van der Waals surface area contributed by atoms with Crippen molar-refractivity contribution in [3.8, 4) is 0 Å². The summed E-state index contributed by atoms with van der Waals surface area (Å²) in [6.07, 6.45) is 1.07. The van der Waals surface area contributed by atoms with Gasteiger partial charge < -0.3 is 9.47 Å². The number of halogens is 2. The summed E-state index contributed by atoms with van der Waals surface area (Å²) in [5.41, 5.74) is 0.951. The molecule has 0 bridgehead atoms. The van der Waals surface area contributed by atoms with Crippen molar-refractivity contribution in [2.75, 3.05) is 6.61 Å². The lowest BCUT2D eigenvalue weighted by molar-refractivity contribution is -0.191. The summed E-state index contributed by atoms with van der Waals surface area (Å²) in [5.74, 6) is 0.473. The molecule has 1 aliphatic rings. The van der Waals surface area contributed by atoms with E-state index in [2.05, 4.69) is 13.8 Å². The molecule has 106 valence electrons. The first-order chi connectivity index (χ1) is 9.02. The Bertz CT molecular complexity index is 436. The van der Waals surface area contributed by atoms with Crippen LogP contribution in [-0.4, -0.2) is 18.8 Å². The molecule has 1 fully saturated rings. The molecule has 19 heavy (non-hydrogen) atoms. The van der Waals surface area contributed by atoms with Gasteiger partial charge in [-0.25, -0.2) is 0 Å². The van der Waals surface area contributed by atoms with Crippen LogP contribution in [0.1, 0.15) is 38.9 Å². The lowest BCUT2D eigenvalue weighted by atomic mass is 9.98. The Morgan fingerprint density at radius 1 is 1.37 bits per heavy atom. The summed E-state index contributed by atoms with van der Waals surface area (Å²) in [6.45, 7) is 7.02. The van der Waals surface area contributed by atoms with Gasteiger partial charge in [0.1, 0.15) is 6.10 Å². The molecule has 0 amide bonds. The molecule has 0 aliphatic carbocycles. The molecule has 1 aromatic rings. The van der Waals surface area contributed by atoms with Gasteiger partial charge in [0, 0.05) is 15.6 Å². The lowest BCUT2D eigenvalue weighted by Gasteiger charge is -2.38. The van der Waals surface area contributed by atoms with E-state index in [4.69, 9.17) is 32.7 Å². The van der Waals surface area contributed by atoms with Gasteiger partial charge in [-0.2, -0.15) is 0 Å². The van der Waals surface area contributed by atoms with Gasteiger partial charge in [-0.05, 0) is 25.0 Å². The first kappa shape index (κ1) is 15.1. The van der Waals surface area contributed by atoms with Crippen molar-refractivity contribution in [3.63, 3.8) is 0 Å². The van der Waals surface area contributed by atoms with Crippen LogP contribution in [0, 0.1) is 5.92 Å². The first-order valence-electron chi connectivity index (χ1n) is 6.75. The van der Waals surface area contributed by atoms with Crippen molar-refractivity contribution in [3.05, 3.63) is 33.8 Å². The van der Waals surface area contributed by atoms with E-state index in [1.54, 1.807) is 6.07 Å². The van der Waals surface area contributed by atoms with Gasteiger partial charge in [-0.15, -0.1) is 0 Å². The summed E-state index contributed by atoms with van der Waals surface area (Å²) in [7, 11) is 0. The van der Waals surface area contributed by atoms with E-state index in [-0.39, 0.29) is 18.3 Å². The minimum atomic E-state index is -0.127. The van der Waals surface area contributed by atoms with Crippen molar-refractivity contribution in [1.82, 2.24) is 0 Å². The zero-order valence-corrected chi connectivity index (χ0v) is 13.0. The van der Waals surface area contributed by atoms with Gasteiger partial charge in [-0.1, -0.05) is 49.5 Å². The van der Waals surface area contributed by atoms with Crippen LogP contribution < -0.4 is 0 Å². The maximum Gasteiger partial charge on any atom is 0.110 e. The van der Waals surface area contributed by atoms with Crippen LogP contribution in [-0.2, 0) is 9.47 Å². The number of hydrogen-bond acceptors (Lipinski definition) is 2. The molecular formula is C15H20Cl2O2. The molecule has 2 nitrogen and oxygen atoms in total. The highest BCUT2D eigenvalue weighted by Crippen LogP contribution is 2.36. The predicted molar refractivity (Wildman–Crippen MR) is 78.9 cm³/mol. The van der Waals surface area contributed by atoms with Gasteiger partial charge in [-0.3, -0.25) is 0 Å². The molecule has 1 aliphatic heterocycles. The quantitative estimate of drug-likeness (QED) is 0.792. The second-order valence-corrected chi connectivity index (χ2v) is 6.03. The Hall–Kier alpha value is -0.280. The largest absolute Gasteiger partial charge is 0.373 e. The molecule has 1 heterocycles. The van der Waals surface area contributed by atoms with Crippen molar-refractivity contribution in [1.29, 1.82) is 0 Å². The van der Waals surface area contributed by atoms with E-state index in [0.29, 0.717) is 22.6 Å². The van der Waals surface area contributed by atoms with E-state index in [0.717, 1.165) is 12.0 Å². The number of rotatable bonds is 3. The molecule has 0 radical (unpaired) electrons. The van der Waals surface area contributed by atoms with E-state index in [1.807, 2.05) is 19.1 Å². The standard InChI is InChI=1S/C15H20Cl2O2/c1-4-9(2)14-8-18-10(3)15(19-14)12-6-5-11(16)7-13(12)17/h5-7,9-10,14-15H,4,8H2,1-3H3. The third kappa shape index (κ3) is 3.43. The minimum Gasteiger partial charge on any atom is -0.373 e. The summed E-state index contributed by atoms with van der Waals surface area (Å²) in [4.78, 5) is 0. The van der Waals surface area contributed by atoms with Gasteiger partial charge in [0.05, 0.1) is 18.8 Å². The minimum absolute atomic E-state index is 0.000943. The molecule has 1 saturated heterocycles. The van der Waals surface area contributed by atoms with Gasteiger partial charge in [0.25, 0.3) is 0 Å². The van der Waals surface area contributed by atoms with Crippen LogP contribution in [0.5, 0.6) is 0 Å². The molecule has 0 saturated carbocycles. The first-order valence-corrected chi connectivity index (χ1v) is 7.50. The zero-order chi connectivity index (χ0) is 14.0. The van der Waals surface area contributed by atoms with E-state index in [9.17, 15) is 0 Å². The van der Waals surface area contributed by atoms with Crippen LogP contribution >= 0.6 is 23.2 Å². The number of hydrogen-bond donors (Lipinski definition) is 0. The van der Waals surface area contributed by atoms with Crippen LogP contribution in [0.15, 0.2) is 18.2 Å². The highest BCUT2D eigenvalue weighted by Gasteiger charge is 2.33. The third-order valence-electron chi connectivity index (χ3n) is 3.82. The second-order valence-electron chi connectivity index (χ2n) is 5.18. The molecule has 0 aromatic heterocycles. The Kier molecular flexibility index (Phi) is 5.13. The van der Waals surface area contributed by atoms with Crippen molar-refractivity contribution < 1.29 is 9.47 Å². The smallest absolute Gasteiger partial charge is 0.110 e. The topological polar surface area (TPSA) is 18.5 Å². The van der Waals surface area contributed by atoms with Crippen molar-refractivity contribution in [2.45, 2.75) is 45.5 Å². The summed E-state index contributed by atoms with van der Waals surface area (Å²) in [6, 6.07) is 5.52. The SMILES string of the molecule is CCC(C)C1COC(C)C(c2ccc(Cl)cc2Cl)O1. The Balaban J connectivity index is 2.21. The molecule has 4 unspecified atom stereocenters. The summed E-state index contributed by atoms with van der Waals surface area (Å²) < 4.78 is 12.1. The fourth-order valence-corrected chi connectivity index (χ4v) is 2.81. The monoisotopic (exact) mass is 302 g/mol. The Labute approximate surface area is 125 Å². The molecule has 0 N–H and O–H groups in total. The van der Waals surface area contributed by atoms with Crippen LogP contribution in [0.2, 0.25) is 10.0 Å². The maximum absolute atomic E-state index is 6.27. The Morgan fingerprint density at radius 3 is 2.74 bits per heavy atom. The van der Waals surface area contributed by atoms with Crippen molar-refractivity contribution >= 4 is 23.2 Å². The highest BCUT2D eigenvalue weighted by atomic mass is 35.5. The van der Waals surface area contributed by atoms with Gasteiger partial charge in [0.15, 0.2) is 0 Å². The fraction of sp³-hybridized carbons (Fsp3) is 0.600. The normalized spacial score (nSPS) is 29.2. The molecule has 4 atom stereocenters. The molecule has 2 rings (SSSR count). The van der Waals surface area contributed by atoms with E-state index >= 15 is 0 Å². The number of benzene rings is 1. The van der Waals surface area contributed by atoms with E-state index in [1.165, 1.54) is 0 Å². The average molecular weight is 303 g/mol. The predicted octanol–water partition coefficient (Wildman–Crippen LogP) is 4.88. The Morgan fingerprint density at radius 2 is 2.11 bits per heavy atom. The van der Waals surface area contributed by atoms with Crippen LogP contribution in [0.4, 0.5) is 0 Å². The molecule has 1 aromatic carbocycles. The van der Waals surface area contributed by atoms with Crippen molar-refractivity contribution in [2.24, 2.45) is 5.92 Å². The third-order valence-corrected chi connectivity index (χ3v) is 4.38. The number of ether oxygens (including phenoxy) is 2. The highest BCUT2D eigenvalue weighted by molar-refractivity contribution is 6.35. The van der Waals surface area contributed by atoms with Crippen LogP contribution in [0.25, 0.3) is 0 Å². The van der Waals surface area contributed by atoms with E-state index < -0.39 is 0 Å². The van der Waals surface area contributed by atoms with Gasteiger partial charge in [0.2, 0.25) is 0 Å². The molecule has 4 heteroatoms. The molecule has 0 spiro atoms. The second kappa shape index (κ2) is 6.45. The summed E-state index contributed by atoms with van der Waals surface area (Å²) in [5, 5.41) is 1.27. The zero-order valence-electron chi connectivity index (χ0n) is 11.5. The average Bonchev–Trinajstić information content (AvgIpc) is 2.39. The molecular weight excluding hydrogens is 283 g/mol.